The average Bonchev–Trinajstić information content (AvgIpc) is 3.16. The molecule has 310 valence electrons. The van der Waals surface area contributed by atoms with Crippen LogP contribution in [0.25, 0.3) is 0 Å². The Kier molecular flexibility index (Phi) is 29.4. The standard InChI is InChI=1S/C47H82N2O5/c1-5-8-17-25-42-32-40-53-46(50)30-21-15-11-13-19-27-44(52-39-24-23-34-49-37-35-48(4)36-38-49)28-20-14-12-16-22-31-47(51)54-41-33-43(26-18-9-6-2)45(42)29-10-7-3/h42-44H,3,5-6,8-9,11-28,30-41H2,1-2,4H3. The molecule has 2 saturated heterocycles. The number of unbranched alkanes of at least 4 members (excludes halogenated alkanes) is 5. The fraction of sp³-hybridized carbons (Fsp3) is 0.851. The Bertz CT molecular complexity index is 1030. The summed E-state index contributed by atoms with van der Waals surface area (Å²) in [6, 6.07) is 0. The van der Waals surface area contributed by atoms with Crippen LogP contribution in [0, 0.1) is 11.8 Å². The first kappa shape index (κ1) is 48.0. The number of likely N-dealkylation sites (N-methyl/N-ethyl adjacent to an activating group) is 1. The van der Waals surface area contributed by atoms with E-state index in [1.165, 1.54) is 83.2 Å². The van der Waals surface area contributed by atoms with Gasteiger partial charge in [0.1, 0.15) is 0 Å². The third kappa shape index (κ3) is 24.4. The zero-order chi connectivity index (χ0) is 38.9. The van der Waals surface area contributed by atoms with E-state index in [0.29, 0.717) is 32.2 Å². The minimum Gasteiger partial charge on any atom is -0.466 e. The summed E-state index contributed by atoms with van der Waals surface area (Å²) in [7, 11) is 2.21. The van der Waals surface area contributed by atoms with E-state index < -0.39 is 0 Å². The lowest BCUT2D eigenvalue weighted by atomic mass is 9.79. The van der Waals surface area contributed by atoms with Gasteiger partial charge in [-0.05, 0) is 108 Å². The van der Waals surface area contributed by atoms with Gasteiger partial charge < -0.3 is 24.0 Å². The Hall–Kier alpha value is -2.10. The number of esters is 2. The molecule has 2 atom stereocenters. The van der Waals surface area contributed by atoms with Crippen molar-refractivity contribution >= 4 is 11.9 Å². The minimum atomic E-state index is -0.0803. The Balaban J connectivity index is 1.97. The average molecular weight is 755 g/mol. The summed E-state index contributed by atoms with van der Waals surface area (Å²) in [5.74, 6) is 0.313. The van der Waals surface area contributed by atoms with E-state index in [4.69, 9.17) is 14.2 Å². The summed E-state index contributed by atoms with van der Waals surface area (Å²) in [6.07, 6.45) is 27.4. The number of hydrogen-bond acceptors (Lipinski definition) is 7. The summed E-state index contributed by atoms with van der Waals surface area (Å²) < 4.78 is 18.1. The van der Waals surface area contributed by atoms with Gasteiger partial charge in [-0.25, -0.2) is 0 Å². The first-order valence-electron chi connectivity index (χ1n) is 22.7. The van der Waals surface area contributed by atoms with E-state index in [0.717, 1.165) is 116 Å². The number of rotatable bonds is 14. The SMILES string of the molecule is C=C=C=C=C1C(CCCCC)CCOC(=O)CCCCCCCC(OCCCCN2CCN(C)CC2)CCCCCCCC(=O)OCCC1CCCCC. The van der Waals surface area contributed by atoms with Gasteiger partial charge in [0.2, 0.25) is 0 Å². The second-order valence-corrected chi connectivity index (χ2v) is 16.2. The van der Waals surface area contributed by atoms with Crippen LogP contribution >= 0.6 is 0 Å². The fourth-order valence-corrected chi connectivity index (χ4v) is 8.03. The van der Waals surface area contributed by atoms with Crippen LogP contribution in [-0.4, -0.2) is 87.4 Å². The highest BCUT2D eigenvalue weighted by Gasteiger charge is 2.24. The number of hydrogen-bond donors (Lipinski definition) is 0. The number of ether oxygens (including phenoxy) is 3. The molecule has 0 bridgehead atoms. The topological polar surface area (TPSA) is 68.3 Å². The smallest absolute Gasteiger partial charge is 0.305 e. The molecule has 0 N–H and O–H groups in total. The minimum absolute atomic E-state index is 0.0803. The molecule has 0 spiro atoms. The van der Waals surface area contributed by atoms with Crippen LogP contribution in [0.5, 0.6) is 0 Å². The van der Waals surface area contributed by atoms with Crippen molar-refractivity contribution in [1.82, 2.24) is 9.80 Å². The third-order valence-electron chi connectivity index (χ3n) is 11.6. The maximum absolute atomic E-state index is 12.8. The maximum atomic E-state index is 12.8. The molecule has 0 radical (unpaired) electrons. The van der Waals surface area contributed by atoms with Crippen molar-refractivity contribution in [2.24, 2.45) is 11.8 Å². The zero-order valence-electron chi connectivity index (χ0n) is 35.4. The highest BCUT2D eigenvalue weighted by Crippen LogP contribution is 2.33. The van der Waals surface area contributed by atoms with Crippen molar-refractivity contribution in [3.8, 4) is 0 Å². The Morgan fingerprint density at radius 2 is 1.19 bits per heavy atom. The Morgan fingerprint density at radius 1 is 0.667 bits per heavy atom. The van der Waals surface area contributed by atoms with Crippen LogP contribution in [0.2, 0.25) is 0 Å². The van der Waals surface area contributed by atoms with E-state index in [-0.39, 0.29) is 23.8 Å². The van der Waals surface area contributed by atoms with Gasteiger partial charge in [-0.2, -0.15) is 0 Å². The van der Waals surface area contributed by atoms with Crippen LogP contribution < -0.4 is 0 Å². The lowest BCUT2D eigenvalue weighted by Crippen LogP contribution is -2.44. The molecule has 2 rings (SSSR count). The second kappa shape index (κ2) is 33.1. The molecular formula is C47H82N2O5. The van der Waals surface area contributed by atoms with Gasteiger partial charge in [-0.1, -0.05) is 115 Å². The molecule has 0 aromatic rings. The van der Waals surface area contributed by atoms with E-state index >= 15 is 0 Å². The van der Waals surface area contributed by atoms with Crippen molar-refractivity contribution in [3.05, 3.63) is 29.3 Å². The summed E-state index contributed by atoms with van der Waals surface area (Å²) in [5.41, 5.74) is 10.5. The van der Waals surface area contributed by atoms with Gasteiger partial charge >= 0.3 is 11.9 Å². The monoisotopic (exact) mass is 755 g/mol. The summed E-state index contributed by atoms with van der Waals surface area (Å²) in [6.45, 7) is 15.8. The molecule has 0 saturated carbocycles. The maximum Gasteiger partial charge on any atom is 0.305 e. The molecular weight excluding hydrogens is 673 g/mol. The van der Waals surface area contributed by atoms with Crippen LogP contribution in [0.1, 0.15) is 181 Å². The highest BCUT2D eigenvalue weighted by molar-refractivity contribution is 5.69. The predicted molar refractivity (Wildman–Crippen MR) is 224 cm³/mol. The number of carbonyl (C=O) groups excluding carboxylic acids is 2. The molecule has 2 fully saturated rings. The van der Waals surface area contributed by atoms with E-state index in [1.807, 2.05) is 0 Å². The van der Waals surface area contributed by atoms with Crippen LogP contribution in [0.3, 0.4) is 0 Å². The number of nitrogens with zero attached hydrogens (tertiary/aromatic N) is 2. The van der Waals surface area contributed by atoms with Gasteiger partial charge in [0.15, 0.2) is 0 Å². The molecule has 2 aliphatic rings. The summed E-state index contributed by atoms with van der Waals surface area (Å²) in [5, 5.41) is 0. The fourth-order valence-electron chi connectivity index (χ4n) is 8.03. The molecule has 0 amide bonds. The Morgan fingerprint density at radius 3 is 1.70 bits per heavy atom. The van der Waals surface area contributed by atoms with E-state index in [1.54, 1.807) is 0 Å². The van der Waals surface area contributed by atoms with Crippen molar-refractivity contribution in [3.63, 3.8) is 0 Å². The number of cyclic esters (lactones) is 2. The van der Waals surface area contributed by atoms with Crippen LogP contribution in [0.15, 0.2) is 29.3 Å². The van der Waals surface area contributed by atoms with Gasteiger partial charge in [0.25, 0.3) is 0 Å². The van der Waals surface area contributed by atoms with Crippen molar-refractivity contribution in [2.75, 3.05) is 59.6 Å². The van der Waals surface area contributed by atoms with Crippen molar-refractivity contribution < 1.29 is 23.8 Å². The molecule has 54 heavy (non-hydrogen) atoms. The molecule has 0 aromatic carbocycles. The Labute approximate surface area is 332 Å². The molecule has 7 heteroatoms. The zero-order valence-corrected chi connectivity index (χ0v) is 35.4. The quantitative estimate of drug-likeness (QED) is 0.0993. The number of piperazine rings is 1. The highest BCUT2D eigenvalue weighted by atomic mass is 16.5. The van der Waals surface area contributed by atoms with Gasteiger partial charge in [0, 0.05) is 45.6 Å². The first-order chi connectivity index (χ1) is 26.5. The largest absolute Gasteiger partial charge is 0.466 e. The second-order valence-electron chi connectivity index (χ2n) is 16.2. The number of carbonyl (C=O) groups is 2. The predicted octanol–water partition coefficient (Wildman–Crippen LogP) is 11.2. The third-order valence-corrected chi connectivity index (χ3v) is 11.6. The lowest BCUT2D eigenvalue weighted by molar-refractivity contribution is -0.144. The van der Waals surface area contributed by atoms with Crippen molar-refractivity contribution in [2.45, 2.75) is 187 Å². The summed E-state index contributed by atoms with van der Waals surface area (Å²) in [4.78, 5) is 30.6. The van der Waals surface area contributed by atoms with Gasteiger partial charge in [-0.15, -0.1) is 0 Å². The first-order valence-corrected chi connectivity index (χ1v) is 22.7. The number of allylic oxidation sites excluding steroid dienone is 1. The molecule has 2 unspecified atom stereocenters. The molecule has 0 aromatic heterocycles. The molecule has 2 aliphatic heterocycles. The van der Waals surface area contributed by atoms with Gasteiger partial charge in [0.05, 0.1) is 19.3 Å². The normalized spacial score (nSPS) is 23.8. The molecule has 0 aliphatic carbocycles. The van der Waals surface area contributed by atoms with Crippen molar-refractivity contribution in [1.29, 1.82) is 0 Å². The molecule has 2 heterocycles. The van der Waals surface area contributed by atoms with E-state index in [9.17, 15) is 9.59 Å². The van der Waals surface area contributed by atoms with Gasteiger partial charge in [-0.3, -0.25) is 9.59 Å². The summed E-state index contributed by atoms with van der Waals surface area (Å²) >= 11 is 0. The molecule has 7 nitrogen and oxygen atoms in total. The van der Waals surface area contributed by atoms with Crippen LogP contribution in [-0.2, 0) is 23.8 Å². The van der Waals surface area contributed by atoms with E-state index in [2.05, 4.69) is 54.5 Å². The lowest BCUT2D eigenvalue weighted by Gasteiger charge is -2.32. The van der Waals surface area contributed by atoms with Crippen LogP contribution in [0.4, 0.5) is 0 Å².